The molecule has 0 atom stereocenters. The molecule has 28 heavy (non-hydrogen) atoms. The summed E-state index contributed by atoms with van der Waals surface area (Å²) >= 11 is 0. The van der Waals surface area contributed by atoms with Gasteiger partial charge in [-0.05, 0) is 37.8 Å². The van der Waals surface area contributed by atoms with Gasteiger partial charge in [-0.1, -0.05) is 12.1 Å². The molecule has 6 rings (SSSR count). The molecule has 0 unspecified atom stereocenters. The number of rotatable bonds is 3. The van der Waals surface area contributed by atoms with Crippen molar-refractivity contribution >= 4 is 23.5 Å². The third kappa shape index (κ3) is 2.96. The quantitative estimate of drug-likeness (QED) is 0.607. The maximum Gasteiger partial charge on any atom is 0.267 e. The number of benzene rings is 1. The van der Waals surface area contributed by atoms with Gasteiger partial charge in [0.05, 0.1) is 11.1 Å². The third-order valence-corrected chi connectivity index (χ3v) is 5.26. The second-order valence-electron chi connectivity index (χ2n) is 7.47. The van der Waals surface area contributed by atoms with E-state index in [-0.39, 0.29) is 11.8 Å². The van der Waals surface area contributed by atoms with E-state index in [0.717, 1.165) is 29.4 Å². The number of hydrogen-bond donors (Lipinski definition) is 3. The highest BCUT2D eigenvalue weighted by Crippen LogP contribution is 2.40. The van der Waals surface area contributed by atoms with E-state index in [0.29, 0.717) is 28.7 Å². The molecule has 4 N–H and O–H groups in total. The highest BCUT2D eigenvalue weighted by atomic mass is 16.2. The lowest BCUT2D eigenvalue weighted by Crippen LogP contribution is -2.29. The number of carbonyl (C=O) groups is 2. The summed E-state index contributed by atoms with van der Waals surface area (Å²) in [6.45, 7) is 0. The first-order valence-corrected chi connectivity index (χ1v) is 9.45. The van der Waals surface area contributed by atoms with Gasteiger partial charge < -0.3 is 5.73 Å². The van der Waals surface area contributed by atoms with Crippen LogP contribution in [-0.2, 0) is 0 Å². The number of carbonyl (C=O) groups excluding carboxylic acids is 2. The predicted molar refractivity (Wildman–Crippen MR) is 103 cm³/mol. The van der Waals surface area contributed by atoms with Gasteiger partial charge in [-0.25, -0.2) is 4.90 Å². The Labute approximate surface area is 161 Å². The van der Waals surface area contributed by atoms with Gasteiger partial charge in [0.25, 0.3) is 11.8 Å². The number of nitrogens with zero attached hydrogens (tertiary/aromatic N) is 3. The number of nitrogens with two attached hydrogens (primary N) is 1. The smallest absolute Gasteiger partial charge is 0.267 e. The zero-order valence-electron chi connectivity index (χ0n) is 15.2. The number of nitrogen functional groups attached to an aromatic ring is 1. The van der Waals surface area contributed by atoms with Crippen LogP contribution >= 0.6 is 0 Å². The Morgan fingerprint density at radius 2 is 1.39 bits per heavy atom. The number of fused-ring (bicyclic) bond motifs is 1. The van der Waals surface area contributed by atoms with Crippen molar-refractivity contribution in [2.45, 2.75) is 37.5 Å². The molecule has 2 saturated carbocycles. The Morgan fingerprint density at radius 3 is 1.89 bits per heavy atom. The van der Waals surface area contributed by atoms with Crippen LogP contribution in [0.1, 0.15) is 69.6 Å². The molecule has 8 heteroatoms. The predicted octanol–water partition coefficient (Wildman–Crippen LogP) is 2.96. The molecular formula is C20H20N6O2. The summed E-state index contributed by atoms with van der Waals surface area (Å²) in [6, 6.07) is 10.6. The summed E-state index contributed by atoms with van der Waals surface area (Å²) in [7, 11) is 0. The van der Waals surface area contributed by atoms with Crippen LogP contribution in [0.15, 0.2) is 36.4 Å². The number of H-pyrrole nitrogens is 2. The molecule has 3 aromatic rings. The van der Waals surface area contributed by atoms with E-state index in [4.69, 9.17) is 5.73 Å². The standard InChI is InChI=1S/C14H11N3O2.C6H9N3/c18-13-9-3-1-2-4-10(9)14(19)17(13)12-7-11(15-16-12)8-5-6-8;7-6-3-5(8-9-6)4-1-2-4/h1-4,7-8H,5-6H2,(H,15,16);3-4H,1-2H2,(H3,7,8,9). The summed E-state index contributed by atoms with van der Waals surface area (Å²) in [4.78, 5) is 25.7. The van der Waals surface area contributed by atoms with E-state index in [9.17, 15) is 9.59 Å². The van der Waals surface area contributed by atoms with E-state index in [1.165, 1.54) is 18.5 Å². The lowest BCUT2D eigenvalue weighted by molar-refractivity contribution is 0.0925. The monoisotopic (exact) mass is 376 g/mol. The molecular weight excluding hydrogens is 356 g/mol. The van der Waals surface area contributed by atoms with Gasteiger partial charge in [-0.3, -0.25) is 19.8 Å². The van der Waals surface area contributed by atoms with Crippen LogP contribution in [-0.4, -0.2) is 32.2 Å². The Kier molecular flexibility index (Phi) is 3.78. The molecule has 0 spiro atoms. The zero-order valence-corrected chi connectivity index (χ0v) is 15.2. The summed E-state index contributed by atoms with van der Waals surface area (Å²) < 4.78 is 0. The van der Waals surface area contributed by atoms with Crippen molar-refractivity contribution in [2.75, 3.05) is 10.6 Å². The second-order valence-corrected chi connectivity index (χ2v) is 7.47. The fraction of sp³-hybridized carbons (Fsp3) is 0.300. The summed E-state index contributed by atoms with van der Waals surface area (Å²) in [5.74, 6) is 1.65. The summed E-state index contributed by atoms with van der Waals surface area (Å²) in [5, 5.41) is 13.7. The van der Waals surface area contributed by atoms with Crippen molar-refractivity contribution in [3.05, 3.63) is 58.9 Å². The molecule has 1 aromatic carbocycles. The highest BCUT2D eigenvalue weighted by molar-refractivity contribution is 6.34. The van der Waals surface area contributed by atoms with E-state index in [2.05, 4.69) is 20.4 Å². The Morgan fingerprint density at radius 1 is 0.857 bits per heavy atom. The maximum atomic E-state index is 12.3. The molecule has 8 nitrogen and oxygen atoms in total. The number of amides is 2. The third-order valence-electron chi connectivity index (χ3n) is 5.26. The van der Waals surface area contributed by atoms with E-state index < -0.39 is 0 Å². The Hall–Kier alpha value is -3.42. The maximum absolute atomic E-state index is 12.3. The van der Waals surface area contributed by atoms with Crippen molar-refractivity contribution in [1.29, 1.82) is 0 Å². The van der Waals surface area contributed by atoms with Gasteiger partial charge >= 0.3 is 0 Å². The normalized spacial score (nSPS) is 18.1. The number of imide groups is 1. The molecule has 3 heterocycles. The number of hydrogen-bond acceptors (Lipinski definition) is 5. The van der Waals surface area contributed by atoms with Crippen LogP contribution in [0.5, 0.6) is 0 Å². The van der Waals surface area contributed by atoms with Crippen LogP contribution in [0.3, 0.4) is 0 Å². The SMILES string of the molecule is Nc1cc(C2CC2)[nH]n1.O=C1c2ccccc2C(=O)N1c1cc(C2CC2)[nH]n1. The average Bonchev–Trinajstić information content (AvgIpc) is 3.63. The fourth-order valence-electron chi connectivity index (χ4n) is 3.40. The molecule has 142 valence electrons. The van der Waals surface area contributed by atoms with Crippen molar-refractivity contribution in [3.63, 3.8) is 0 Å². The van der Waals surface area contributed by atoms with E-state index in [1.807, 2.05) is 6.07 Å². The second kappa shape index (κ2) is 6.33. The number of aromatic nitrogens is 4. The first-order chi connectivity index (χ1) is 13.6. The van der Waals surface area contributed by atoms with Crippen LogP contribution in [0, 0.1) is 0 Å². The lowest BCUT2D eigenvalue weighted by Gasteiger charge is -2.08. The number of anilines is 2. The summed E-state index contributed by atoms with van der Waals surface area (Å²) in [6.07, 6.45) is 4.87. The van der Waals surface area contributed by atoms with Gasteiger partial charge in [0.1, 0.15) is 5.82 Å². The highest BCUT2D eigenvalue weighted by Gasteiger charge is 2.38. The van der Waals surface area contributed by atoms with Gasteiger partial charge in [0.2, 0.25) is 0 Å². The first kappa shape index (κ1) is 16.7. The zero-order chi connectivity index (χ0) is 19.3. The average molecular weight is 376 g/mol. The van der Waals surface area contributed by atoms with Crippen LogP contribution in [0.4, 0.5) is 11.6 Å². The van der Waals surface area contributed by atoms with Crippen molar-refractivity contribution in [2.24, 2.45) is 0 Å². The van der Waals surface area contributed by atoms with Crippen molar-refractivity contribution in [1.82, 2.24) is 20.4 Å². The minimum absolute atomic E-state index is 0.297. The van der Waals surface area contributed by atoms with Crippen molar-refractivity contribution < 1.29 is 9.59 Å². The molecule has 0 saturated heterocycles. The minimum Gasteiger partial charge on any atom is -0.382 e. The summed E-state index contributed by atoms with van der Waals surface area (Å²) in [5.41, 5.74) is 8.50. The van der Waals surface area contributed by atoms with Gasteiger partial charge in [-0.15, -0.1) is 0 Å². The molecule has 2 aliphatic carbocycles. The van der Waals surface area contributed by atoms with Crippen LogP contribution in [0.2, 0.25) is 0 Å². The first-order valence-electron chi connectivity index (χ1n) is 9.45. The topological polar surface area (TPSA) is 121 Å². The van der Waals surface area contributed by atoms with E-state index >= 15 is 0 Å². The Bertz CT molecular complexity index is 1030. The molecule has 1 aliphatic heterocycles. The molecule has 0 radical (unpaired) electrons. The van der Waals surface area contributed by atoms with Gasteiger partial charge in [0, 0.05) is 35.4 Å². The largest absolute Gasteiger partial charge is 0.382 e. The number of aromatic amines is 2. The lowest BCUT2D eigenvalue weighted by atomic mass is 10.1. The molecule has 2 aromatic heterocycles. The molecule has 2 fully saturated rings. The van der Waals surface area contributed by atoms with Gasteiger partial charge in [-0.2, -0.15) is 10.2 Å². The van der Waals surface area contributed by atoms with Crippen LogP contribution in [0.25, 0.3) is 0 Å². The fourth-order valence-corrected chi connectivity index (χ4v) is 3.40. The van der Waals surface area contributed by atoms with E-state index in [1.54, 1.807) is 30.3 Å². The number of nitrogens with one attached hydrogen (secondary N) is 2. The van der Waals surface area contributed by atoms with Crippen LogP contribution < -0.4 is 10.6 Å². The molecule has 2 amide bonds. The molecule has 0 bridgehead atoms. The molecule has 3 aliphatic rings. The van der Waals surface area contributed by atoms with Gasteiger partial charge in [0.15, 0.2) is 5.82 Å². The van der Waals surface area contributed by atoms with Crippen molar-refractivity contribution in [3.8, 4) is 0 Å². The Balaban J connectivity index is 0.000000158. The minimum atomic E-state index is -0.297.